The Bertz CT molecular complexity index is 87.8. The Balaban J connectivity index is 0. The number of rotatable bonds is 5. The van der Waals surface area contributed by atoms with E-state index in [1.165, 1.54) is 0 Å². The Labute approximate surface area is 73.4 Å². The molecule has 1 N–H and O–H groups in total. The van der Waals surface area contributed by atoms with Crippen molar-refractivity contribution in [3.8, 4) is 0 Å². The second-order valence-electron chi connectivity index (χ2n) is 1.83. The molecule has 0 atom stereocenters. The largest absolute Gasteiger partial charge is 1.00 e. The van der Waals surface area contributed by atoms with Gasteiger partial charge in [-0.05, 0) is 25.9 Å². The van der Waals surface area contributed by atoms with Gasteiger partial charge in [0.05, 0.1) is 0 Å². The molecule has 0 saturated heterocycles. The topological polar surface area (TPSA) is 52.2 Å². The minimum atomic E-state index is -0.965. The molecule has 0 aromatic rings. The van der Waals surface area contributed by atoms with Crippen molar-refractivity contribution in [3.05, 3.63) is 0 Å². The molecule has 0 radical (unpaired) electrons. The summed E-state index contributed by atoms with van der Waals surface area (Å²) in [4.78, 5) is 9.82. The predicted molar refractivity (Wildman–Crippen MR) is 32.8 cm³/mol. The van der Waals surface area contributed by atoms with Gasteiger partial charge < -0.3 is 15.2 Å². The van der Waals surface area contributed by atoms with Gasteiger partial charge in [-0.3, -0.25) is 0 Å². The van der Waals surface area contributed by atoms with Crippen LogP contribution in [0, 0.1) is 0 Å². The van der Waals surface area contributed by atoms with Gasteiger partial charge in [0.1, 0.15) is 0 Å². The van der Waals surface area contributed by atoms with E-state index >= 15 is 0 Å². The summed E-state index contributed by atoms with van der Waals surface area (Å²) in [5, 5.41) is 12.8. The zero-order valence-electron chi connectivity index (χ0n) is 6.64. The van der Waals surface area contributed by atoms with Crippen molar-refractivity contribution in [2.75, 3.05) is 13.1 Å². The first-order valence-corrected chi connectivity index (χ1v) is 3.18. The molecule has 0 bridgehead atoms. The SMILES string of the molecule is CCNCCCC(=O)[O-].[Li+]. The Morgan fingerprint density at radius 1 is 1.60 bits per heavy atom. The van der Waals surface area contributed by atoms with Gasteiger partial charge in [-0.25, -0.2) is 0 Å². The van der Waals surface area contributed by atoms with E-state index in [0.29, 0.717) is 6.42 Å². The van der Waals surface area contributed by atoms with Crippen LogP contribution < -0.4 is 29.3 Å². The van der Waals surface area contributed by atoms with Crippen LogP contribution >= 0.6 is 0 Å². The molecule has 0 fully saturated rings. The summed E-state index contributed by atoms with van der Waals surface area (Å²) in [6.45, 7) is 3.65. The second kappa shape index (κ2) is 9.03. The van der Waals surface area contributed by atoms with E-state index in [0.717, 1.165) is 13.1 Å². The maximum Gasteiger partial charge on any atom is 1.00 e. The summed E-state index contributed by atoms with van der Waals surface area (Å²) in [5.41, 5.74) is 0. The number of hydrogen-bond acceptors (Lipinski definition) is 3. The van der Waals surface area contributed by atoms with Gasteiger partial charge in [-0.15, -0.1) is 0 Å². The van der Waals surface area contributed by atoms with Gasteiger partial charge in [-0.2, -0.15) is 0 Å². The Morgan fingerprint density at radius 2 is 2.20 bits per heavy atom. The Morgan fingerprint density at radius 3 is 2.60 bits per heavy atom. The molecule has 10 heavy (non-hydrogen) atoms. The number of carboxylic acid groups (broad SMARTS) is 1. The van der Waals surface area contributed by atoms with E-state index in [1.54, 1.807) is 0 Å². The molecule has 0 amide bonds. The fourth-order valence-electron chi connectivity index (χ4n) is 0.535. The van der Waals surface area contributed by atoms with E-state index < -0.39 is 5.97 Å². The van der Waals surface area contributed by atoms with Crippen molar-refractivity contribution in [3.63, 3.8) is 0 Å². The van der Waals surface area contributed by atoms with Crippen LogP contribution in [0.25, 0.3) is 0 Å². The minimum Gasteiger partial charge on any atom is -0.550 e. The van der Waals surface area contributed by atoms with Gasteiger partial charge in [-0.1, -0.05) is 6.92 Å². The molecule has 0 unspecified atom stereocenters. The Kier molecular flexibility index (Phi) is 11.4. The first-order valence-electron chi connectivity index (χ1n) is 3.18. The average molecular weight is 137 g/mol. The third kappa shape index (κ3) is 10.9. The normalized spacial score (nSPS) is 8.50. The molecule has 0 aliphatic rings. The van der Waals surface area contributed by atoms with Crippen molar-refractivity contribution < 1.29 is 28.8 Å². The van der Waals surface area contributed by atoms with Crippen molar-refractivity contribution >= 4 is 5.97 Å². The van der Waals surface area contributed by atoms with Crippen LogP contribution in [0.1, 0.15) is 19.8 Å². The standard InChI is InChI=1S/C6H13NO2.Li/c1-2-7-5-3-4-6(8)9;/h7H,2-5H2,1H3,(H,8,9);/q;+1/p-1. The van der Waals surface area contributed by atoms with Crippen LogP contribution in [0.15, 0.2) is 0 Å². The van der Waals surface area contributed by atoms with Gasteiger partial charge >= 0.3 is 18.9 Å². The van der Waals surface area contributed by atoms with Crippen LogP contribution in [-0.2, 0) is 4.79 Å². The summed E-state index contributed by atoms with van der Waals surface area (Å²) in [7, 11) is 0. The van der Waals surface area contributed by atoms with Crippen LogP contribution in [0.3, 0.4) is 0 Å². The molecule has 0 spiro atoms. The third-order valence-corrected chi connectivity index (χ3v) is 0.984. The molecule has 3 nitrogen and oxygen atoms in total. The van der Waals surface area contributed by atoms with E-state index in [1.807, 2.05) is 6.92 Å². The molecule has 0 aliphatic heterocycles. The summed E-state index contributed by atoms with van der Waals surface area (Å²) in [6, 6.07) is 0. The third-order valence-electron chi connectivity index (χ3n) is 0.984. The van der Waals surface area contributed by atoms with Crippen molar-refractivity contribution in [1.82, 2.24) is 5.32 Å². The number of nitrogens with one attached hydrogen (secondary N) is 1. The first-order chi connectivity index (χ1) is 4.27. The van der Waals surface area contributed by atoms with Gasteiger partial charge in [0.25, 0.3) is 0 Å². The summed E-state index contributed by atoms with van der Waals surface area (Å²) >= 11 is 0. The molecule has 0 aliphatic carbocycles. The number of carboxylic acids is 1. The predicted octanol–water partition coefficient (Wildman–Crippen LogP) is -3.87. The first kappa shape index (κ1) is 12.7. The van der Waals surface area contributed by atoms with E-state index in [9.17, 15) is 9.90 Å². The maximum atomic E-state index is 9.82. The molecule has 0 rings (SSSR count). The van der Waals surface area contributed by atoms with Crippen molar-refractivity contribution in [2.45, 2.75) is 19.8 Å². The quantitative estimate of drug-likeness (QED) is 0.311. The monoisotopic (exact) mass is 137 g/mol. The zero-order chi connectivity index (χ0) is 7.11. The fraction of sp³-hybridized carbons (Fsp3) is 0.833. The number of carbonyl (C=O) groups excluding carboxylic acids is 1. The number of aliphatic carboxylic acids is 1. The van der Waals surface area contributed by atoms with Gasteiger partial charge in [0.2, 0.25) is 0 Å². The van der Waals surface area contributed by atoms with Crippen molar-refractivity contribution in [1.29, 1.82) is 0 Å². The van der Waals surface area contributed by atoms with Crippen LogP contribution in [0.5, 0.6) is 0 Å². The molecular formula is C6H12LiNO2. The van der Waals surface area contributed by atoms with E-state index in [-0.39, 0.29) is 25.3 Å². The van der Waals surface area contributed by atoms with E-state index in [4.69, 9.17) is 0 Å². The van der Waals surface area contributed by atoms with Crippen LogP contribution in [-0.4, -0.2) is 19.1 Å². The molecule has 4 heteroatoms. The second-order valence-corrected chi connectivity index (χ2v) is 1.83. The smallest absolute Gasteiger partial charge is 0.550 e. The van der Waals surface area contributed by atoms with Gasteiger partial charge in [0.15, 0.2) is 0 Å². The van der Waals surface area contributed by atoms with Gasteiger partial charge in [0, 0.05) is 5.97 Å². The average Bonchev–Trinajstić information content (AvgIpc) is 1.80. The zero-order valence-corrected chi connectivity index (χ0v) is 6.64. The van der Waals surface area contributed by atoms with E-state index in [2.05, 4.69) is 5.32 Å². The van der Waals surface area contributed by atoms with Crippen LogP contribution in [0.4, 0.5) is 0 Å². The molecule has 0 heterocycles. The molecule has 0 saturated carbocycles. The molecule has 0 aromatic carbocycles. The fourth-order valence-corrected chi connectivity index (χ4v) is 0.535. The molecule has 0 aromatic heterocycles. The summed E-state index contributed by atoms with van der Waals surface area (Å²) in [6.07, 6.45) is 0.823. The summed E-state index contributed by atoms with van der Waals surface area (Å²) in [5.74, 6) is -0.965. The van der Waals surface area contributed by atoms with Crippen LogP contribution in [0.2, 0.25) is 0 Å². The Hall–Kier alpha value is 0.0274. The number of carbonyl (C=O) groups is 1. The summed E-state index contributed by atoms with van der Waals surface area (Å²) < 4.78 is 0. The molecule has 54 valence electrons. The molecular weight excluding hydrogens is 125 g/mol. The maximum absolute atomic E-state index is 9.82. The van der Waals surface area contributed by atoms with Crippen molar-refractivity contribution in [2.24, 2.45) is 0 Å². The minimum absolute atomic E-state index is 0. The number of hydrogen-bond donors (Lipinski definition) is 1.